The lowest BCUT2D eigenvalue weighted by molar-refractivity contribution is 0.289. The monoisotopic (exact) mass is 382 g/mol. The lowest BCUT2D eigenvalue weighted by Crippen LogP contribution is -2.13. The largest absolute Gasteiger partial charge is 0.486 e. The maximum atomic E-state index is 14.2. The summed E-state index contributed by atoms with van der Waals surface area (Å²) < 4.78 is 19.9. The maximum absolute atomic E-state index is 14.2. The van der Waals surface area contributed by atoms with Crippen LogP contribution < -0.4 is 4.74 Å². The average molecular weight is 383 g/mol. The van der Waals surface area contributed by atoms with Crippen LogP contribution in [0.15, 0.2) is 42.5 Å². The highest BCUT2D eigenvalue weighted by atomic mass is 19.1. The smallest absolute Gasteiger partial charge is 0.165 e. The van der Waals surface area contributed by atoms with Crippen molar-refractivity contribution >= 4 is 0 Å². The molecular formula is C26H35FO. The Hall–Kier alpha value is -1.83. The molecule has 1 saturated carbocycles. The molecule has 0 N–H and O–H groups in total. The summed E-state index contributed by atoms with van der Waals surface area (Å²) in [4.78, 5) is 0. The van der Waals surface area contributed by atoms with Gasteiger partial charge in [-0.1, -0.05) is 69.9 Å². The highest BCUT2D eigenvalue weighted by Crippen LogP contribution is 2.37. The van der Waals surface area contributed by atoms with Crippen molar-refractivity contribution in [3.8, 4) is 5.75 Å². The van der Waals surface area contributed by atoms with Gasteiger partial charge in [0, 0.05) is 0 Å². The van der Waals surface area contributed by atoms with Crippen LogP contribution in [0.25, 0.3) is 0 Å². The molecule has 28 heavy (non-hydrogen) atoms. The van der Waals surface area contributed by atoms with Gasteiger partial charge in [0.05, 0.1) is 0 Å². The SMILES string of the molecule is CCCCC1CCC(c2ccc(COc3ccc(CCC)cc3F)cc2)CC1. The van der Waals surface area contributed by atoms with Crippen LogP contribution in [-0.4, -0.2) is 0 Å². The Bertz CT molecular complexity index is 714. The van der Waals surface area contributed by atoms with Crippen LogP contribution in [0, 0.1) is 11.7 Å². The summed E-state index contributed by atoms with van der Waals surface area (Å²) in [5.74, 6) is 1.73. The van der Waals surface area contributed by atoms with Crippen molar-refractivity contribution in [1.29, 1.82) is 0 Å². The molecule has 0 heterocycles. The maximum Gasteiger partial charge on any atom is 0.165 e. The summed E-state index contributed by atoms with van der Waals surface area (Å²) in [5.41, 5.74) is 3.58. The molecule has 3 rings (SSSR count). The minimum Gasteiger partial charge on any atom is -0.486 e. The van der Waals surface area contributed by atoms with E-state index in [2.05, 4.69) is 38.1 Å². The van der Waals surface area contributed by atoms with E-state index in [1.165, 1.54) is 50.5 Å². The van der Waals surface area contributed by atoms with Crippen LogP contribution >= 0.6 is 0 Å². The highest BCUT2D eigenvalue weighted by Gasteiger charge is 2.21. The van der Waals surface area contributed by atoms with Gasteiger partial charge in [-0.2, -0.15) is 0 Å². The molecule has 1 nitrogen and oxygen atoms in total. The van der Waals surface area contributed by atoms with E-state index < -0.39 is 0 Å². The predicted octanol–water partition coefficient (Wildman–Crippen LogP) is 7.82. The first kappa shape index (κ1) is 20.9. The number of ether oxygens (including phenoxy) is 1. The zero-order chi connectivity index (χ0) is 19.8. The van der Waals surface area contributed by atoms with Crippen molar-refractivity contribution in [2.75, 3.05) is 0 Å². The lowest BCUT2D eigenvalue weighted by atomic mass is 9.77. The Morgan fingerprint density at radius 2 is 1.61 bits per heavy atom. The molecule has 152 valence electrons. The Labute approximate surface area is 170 Å². The zero-order valence-electron chi connectivity index (χ0n) is 17.6. The number of unbranched alkanes of at least 4 members (excludes halogenated alkanes) is 1. The molecule has 0 saturated heterocycles. The molecule has 0 bridgehead atoms. The highest BCUT2D eigenvalue weighted by molar-refractivity contribution is 5.30. The first-order valence-electron chi connectivity index (χ1n) is 11.2. The normalized spacial score (nSPS) is 19.5. The van der Waals surface area contributed by atoms with Crippen LogP contribution in [0.4, 0.5) is 4.39 Å². The molecular weight excluding hydrogens is 347 g/mol. The topological polar surface area (TPSA) is 9.23 Å². The fraction of sp³-hybridized carbons (Fsp3) is 0.538. The quantitative estimate of drug-likeness (QED) is 0.429. The Balaban J connectivity index is 1.50. The standard InChI is InChI=1S/C26H35FO/c1-3-5-7-20-8-13-23(14-9-20)24-15-10-22(11-16-24)19-28-26-17-12-21(6-4-2)18-25(26)27/h10-12,15-18,20,23H,3-9,13-14,19H2,1-2H3. The third-order valence-corrected chi connectivity index (χ3v) is 6.19. The Morgan fingerprint density at radius 1 is 0.893 bits per heavy atom. The summed E-state index contributed by atoms with van der Waals surface area (Å²) >= 11 is 0. The van der Waals surface area contributed by atoms with Gasteiger partial charge in [0.1, 0.15) is 6.61 Å². The number of halogens is 1. The predicted molar refractivity (Wildman–Crippen MR) is 115 cm³/mol. The van der Waals surface area contributed by atoms with Crippen LogP contribution in [0.5, 0.6) is 5.75 Å². The molecule has 0 atom stereocenters. The molecule has 0 spiro atoms. The minimum absolute atomic E-state index is 0.262. The van der Waals surface area contributed by atoms with Crippen LogP contribution in [0.2, 0.25) is 0 Å². The summed E-state index contributed by atoms with van der Waals surface area (Å²) in [5, 5.41) is 0. The fourth-order valence-electron chi connectivity index (χ4n) is 4.43. The van der Waals surface area contributed by atoms with Crippen molar-refractivity contribution < 1.29 is 9.13 Å². The van der Waals surface area contributed by atoms with Gasteiger partial charge < -0.3 is 4.74 Å². The van der Waals surface area contributed by atoms with Crippen LogP contribution in [-0.2, 0) is 13.0 Å². The number of benzene rings is 2. The van der Waals surface area contributed by atoms with E-state index in [0.29, 0.717) is 18.3 Å². The van der Waals surface area contributed by atoms with Gasteiger partial charge in [-0.05, 0) is 72.8 Å². The van der Waals surface area contributed by atoms with E-state index in [0.717, 1.165) is 29.9 Å². The van der Waals surface area contributed by atoms with E-state index in [4.69, 9.17) is 4.74 Å². The summed E-state index contributed by atoms with van der Waals surface area (Å²) in [7, 11) is 0. The number of rotatable bonds is 9. The van der Waals surface area contributed by atoms with Crippen molar-refractivity contribution in [2.45, 2.75) is 84.2 Å². The average Bonchev–Trinajstić information content (AvgIpc) is 2.73. The van der Waals surface area contributed by atoms with Gasteiger partial charge in [-0.25, -0.2) is 4.39 Å². The second kappa shape index (κ2) is 10.6. The molecule has 1 aliphatic carbocycles. The third-order valence-electron chi connectivity index (χ3n) is 6.19. The molecule has 0 radical (unpaired) electrons. The van der Waals surface area contributed by atoms with Crippen molar-refractivity contribution in [2.24, 2.45) is 5.92 Å². The number of aryl methyl sites for hydroxylation is 1. The molecule has 2 aromatic rings. The number of hydrogen-bond donors (Lipinski definition) is 0. The molecule has 2 aromatic carbocycles. The van der Waals surface area contributed by atoms with E-state index in [1.54, 1.807) is 12.1 Å². The van der Waals surface area contributed by atoms with Gasteiger partial charge in [0.15, 0.2) is 11.6 Å². The van der Waals surface area contributed by atoms with E-state index >= 15 is 0 Å². The first-order valence-corrected chi connectivity index (χ1v) is 11.2. The molecule has 0 aliphatic heterocycles. The van der Waals surface area contributed by atoms with Gasteiger partial charge >= 0.3 is 0 Å². The Morgan fingerprint density at radius 3 is 2.25 bits per heavy atom. The summed E-state index contributed by atoms with van der Waals surface area (Å²) in [6, 6.07) is 14.1. The van der Waals surface area contributed by atoms with E-state index in [-0.39, 0.29) is 5.82 Å². The van der Waals surface area contributed by atoms with Gasteiger partial charge in [0.25, 0.3) is 0 Å². The van der Waals surface area contributed by atoms with Crippen molar-refractivity contribution in [3.63, 3.8) is 0 Å². The van der Waals surface area contributed by atoms with Crippen molar-refractivity contribution in [3.05, 3.63) is 65.0 Å². The van der Waals surface area contributed by atoms with Crippen molar-refractivity contribution in [1.82, 2.24) is 0 Å². The van der Waals surface area contributed by atoms with Crippen LogP contribution in [0.1, 0.15) is 87.8 Å². The fourth-order valence-corrected chi connectivity index (χ4v) is 4.43. The molecule has 0 unspecified atom stereocenters. The minimum atomic E-state index is -0.262. The zero-order valence-corrected chi connectivity index (χ0v) is 17.6. The van der Waals surface area contributed by atoms with Gasteiger partial charge in [0.2, 0.25) is 0 Å². The summed E-state index contributed by atoms with van der Waals surface area (Å²) in [6.07, 6.45) is 11.4. The molecule has 0 amide bonds. The Kier molecular flexibility index (Phi) is 7.94. The molecule has 0 aromatic heterocycles. The second-order valence-electron chi connectivity index (χ2n) is 8.40. The van der Waals surface area contributed by atoms with E-state index in [1.807, 2.05) is 6.07 Å². The third kappa shape index (κ3) is 5.83. The second-order valence-corrected chi connectivity index (χ2v) is 8.40. The molecule has 1 aliphatic rings. The van der Waals surface area contributed by atoms with Gasteiger partial charge in [-0.15, -0.1) is 0 Å². The van der Waals surface area contributed by atoms with Gasteiger partial charge in [-0.3, -0.25) is 0 Å². The summed E-state index contributed by atoms with van der Waals surface area (Å²) in [6.45, 7) is 4.80. The molecule has 2 heteroatoms. The first-order chi connectivity index (χ1) is 13.7. The van der Waals surface area contributed by atoms with E-state index in [9.17, 15) is 4.39 Å². The molecule has 1 fully saturated rings. The lowest BCUT2D eigenvalue weighted by Gasteiger charge is -2.29. The van der Waals surface area contributed by atoms with Crippen LogP contribution in [0.3, 0.4) is 0 Å². The number of hydrogen-bond acceptors (Lipinski definition) is 1.